The molecule has 0 saturated carbocycles. The van der Waals surface area contributed by atoms with Crippen molar-refractivity contribution < 1.29 is 28.5 Å². The maximum atomic E-state index is 12.8. The molecule has 0 saturated heterocycles. The minimum absolute atomic E-state index is 0.0635. The fraction of sp³-hybridized carbons (Fsp3) is 0.238. The van der Waals surface area contributed by atoms with Crippen LogP contribution in [0.2, 0.25) is 0 Å². The van der Waals surface area contributed by atoms with Crippen molar-refractivity contribution in [1.82, 2.24) is 0 Å². The van der Waals surface area contributed by atoms with Crippen LogP contribution in [-0.2, 0) is 11.2 Å². The highest BCUT2D eigenvalue weighted by Crippen LogP contribution is 2.37. The van der Waals surface area contributed by atoms with Crippen LogP contribution >= 0.6 is 0 Å². The minimum Gasteiger partial charge on any atom is -0.493 e. The average molecular weight is 383 g/mol. The molecule has 0 atom stereocenters. The third kappa shape index (κ3) is 3.78. The molecule has 146 valence electrons. The minimum atomic E-state index is -0.588. The van der Waals surface area contributed by atoms with Gasteiger partial charge in [-0.05, 0) is 41.5 Å². The molecule has 0 aliphatic heterocycles. The number of hydrogen-bond acceptors (Lipinski definition) is 6. The van der Waals surface area contributed by atoms with Crippen molar-refractivity contribution in [3.8, 4) is 23.0 Å². The van der Waals surface area contributed by atoms with E-state index >= 15 is 0 Å². The molecule has 1 amide bonds. The zero-order valence-corrected chi connectivity index (χ0v) is 15.9. The Hall–Kier alpha value is -3.48. The third-order valence-corrected chi connectivity index (χ3v) is 4.43. The van der Waals surface area contributed by atoms with E-state index in [2.05, 4.69) is 0 Å². The van der Waals surface area contributed by atoms with Gasteiger partial charge >= 0.3 is 0 Å². The van der Waals surface area contributed by atoms with Gasteiger partial charge in [-0.15, -0.1) is 0 Å². The molecule has 0 bridgehead atoms. The van der Waals surface area contributed by atoms with Gasteiger partial charge in [-0.3, -0.25) is 9.59 Å². The van der Waals surface area contributed by atoms with E-state index in [0.717, 1.165) is 11.1 Å². The maximum Gasteiger partial charge on any atom is 0.255 e. The Morgan fingerprint density at radius 1 is 1.00 bits per heavy atom. The monoisotopic (exact) mass is 383 g/mol. The normalized spacial score (nSPS) is 14.0. The van der Waals surface area contributed by atoms with Gasteiger partial charge < -0.3 is 24.7 Å². The number of ketones is 1. The van der Waals surface area contributed by atoms with Gasteiger partial charge in [0.15, 0.2) is 35.4 Å². The van der Waals surface area contributed by atoms with E-state index in [0.29, 0.717) is 40.6 Å². The number of methoxy groups -OCH3 is 3. The lowest BCUT2D eigenvalue weighted by atomic mass is 10.1. The Labute approximate surface area is 162 Å². The average Bonchev–Trinajstić information content (AvgIpc) is 2.99. The fourth-order valence-corrected chi connectivity index (χ4v) is 3.10. The van der Waals surface area contributed by atoms with Crippen LogP contribution < -0.4 is 24.7 Å². The van der Waals surface area contributed by atoms with E-state index in [1.54, 1.807) is 37.5 Å². The second kappa shape index (κ2) is 8.04. The number of benzene rings is 2. The van der Waals surface area contributed by atoms with Crippen molar-refractivity contribution in [2.24, 2.45) is 5.73 Å². The van der Waals surface area contributed by atoms with Crippen molar-refractivity contribution in [1.29, 1.82) is 0 Å². The fourth-order valence-electron chi connectivity index (χ4n) is 3.10. The van der Waals surface area contributed by atoms with Crippen LogP contribution in [0.15, 0.2) is 35.9 Å². The lowest BCUT2D eigenvalue weighted by Gasteiger charge is -2.10. The first-order valence-corrected chi connectivity index (χ1v) is 8.56. The van der Waals surface area contributed by atoms with E-state index in [9.17, 15) is 9.59 Å². The van der Waals surface area contributed by atoms with Crippen molar-refractivity contribution in [3.05, 3.63) is 52.6 Å². The highest BCUT2D eigenvalue weighted by atomic mass is 16.5. The van der Waals surface area contributed by atoms with Crippen LogP contribution in [0.1, 0.15) is 21.5 Å². The number of carbonyl (C=O) groups excluding carboxylic acids is 2. The Morgan fingerprint density at radius 2 is 1.68 bits per heavy atom. The van der Waals surface area contributed by atoms with Gasteiger partial charge in [-0.25, -0.2) is 0 Å². The summed E-state index contributed by atoms with van der Waals surface area (Å²) in [6.45, 7) is -0.264. The largest absolute Gasteiger partial charge is 0.493 e. The van der Waals surface area contributed by atoms with Crippen LogP contribution in [0.3, 0.4) is 0 Å². The molecule has 0 fully saturated rings. The number of amides is 1. The number of allylic oxidation sites excluding steroid dienone is 1. The summed E-state index contributed by atoms with van der Waals surface area (Å²) in [4.78, 5) is 23.8. The number of carbonyl (C=O) groups is 2. The number of primary amides is 1. The van der Waals surface area contributed by atoms with Gasteiger partial charge in [0.2, 0.25) is 0 Å². The Balaban J connectivity index is 1.92. The number of nitrogens with two attached hydrogens (primary N) is 1. The quantitative estimate of drug-likeness (QED) is 0.738. The molecule has 7 heteroatoms. The van der Waals surface area contributed by atoms with Crippen molar-refractivity contribution in [3.63, 3.8) is 0 Å². The highest BCUT2D eigenvalue weighted by Gasteiger charge is 2.27. The van der Waals surface area contributed by atoms with Gasteiger partial charge in [0.25, 0.3) is 5.91 Å². The molecular weight excluding hydrogens is 362 g/mol. The molecule has 2 aromatic carbocycles. The number of ether oxygens (including phenoxy) is 4. The van der Waals surface area contributed by atoms with E-state index in [1.807, 2.05) is 6.07 Å². The topological polar surface area (TPSA) is 97.1 Å². The molecule has 0 spiro atoms. The number of Topliss-reactive ketones (excluding diaryl/α,β-unsaturated/α-hetero) is 1. The van der Waals surface area contributed by atoms with E-state index < -0.39 is 5.91 Å². The standard InChI is InChI=1S/C21H21NO6/c1-25-16-5-4-12(7-19(16)28-11-20(22)23)6-14-8-13-9-17(26-2)18(27-3)10-15(13)21(14)24/h4-7,9-10H,8,11H2,1-3H3,(H2,22,23). The van der Waals surface area contributed by atoms with Crippen LogP contribution in [0, 0.1) is 0 Å². The van der Waals surface area contributed by atoms with Gasteiger partial charge in [0.1, 0.15) is 0 Å². The van der Waals surface area contributed by atoms with Crippen LogP contribution in [0.25, 0.3) is 6.08 Å². The second-order valence-electron chi connectivity index (χ2n) is 6.21. The van der Waals surface area contributed by atoms with Gasteiger partial charge in [0, 0.05) is 17.6 Å². The Morgan fingerprint density at radius 3 is 2.32 bits per heavy atom. The first-order chi connectivity index (χ1) is 13.5. The summed E-state index contributed by atoms with van der Waals surface area (Å²) < 4.78 is 21.2. The highest BCUT2D eigenvalue weighted by molar-refractivity contribution is 6.16. The summed E-state index contributed by atoms with van der Waals surface area (Å²) in [5.74, 6) is 1.30. The van der Waals surface area contributed by atoms with Crippen LogP contribution in [0.4, 0.5) is 0 Å². The Kier molecular flexibility index (Phi) is 5.54. The maximum absolute atomic E-state index is 12.8. The van der Waals surface area contributed by atoms with Gasteiger partial charge in [-0.2, -0.15) is 0 Å². The summed E-state index contributed by atoms with van der Waals surface area (Å²) in [6, 6.07) is 8.74. The molecule has 0 radical (unpaired) electrons. The SMILES string of the molecule is COc1cc2c(cc1OC)C(=O)C(=Cc1ccc(OC)c(OCC(N)=O)c1)C2. The smallest absolute Gasteiger partial charge is 0.255 e. The zero-order valence-electron chi connectivity index (χ0n) is 15.9. The summed E-state index contributed by atoms with van der Waals surface area (Å²) in [7, 11) is 4.59. The summed E-state index contributed by atoms with van der Waals surface area (Å²) in [6.07, 6.45) is 2.27. The molecule has 0 aromatic heterocycles. The zero-order chi connectivity index (χ0) is 20.3. The molecule has 7 nitrogen and oxygen atoms in total. The van der Waals surface area contributed by atoms with E-state index in [1.165, 1.54) is 14.2 Å². The predicted octanol–water partition coefficient (Wildman–Crippen LogP) is 2.40. The number of rotatable bonds is 7. The molecule has 1 aliphatic rings. The molecule has 2 aromatic rings. The second-order valence-corrected chi connectivity index (χ2v) is 6.21. The first kappa shape index (κ1) is 19.3. The van der Waals surface area contributed by atoms with Crippen molar-refractivity contribution in [2.45, 2.75) is 6.42 Å². The molecule has 2 N–H and O–H groups in total. The predicted molar refractivity (Wildman–Crippen MR) is 103 cm³/mol. The van der Waals surface area contributed by atoms with Gasteiger partial charge in [-0.1, -0.05) is 6.07 Å². The van der Waals surface area contributed by atoms with Gasteiger partial charge in [0.05, 0.1) is 21.3 Å². The van der Waals surface area contributed by atoms with E-state index in [4.69, 9.17) is 24.7 Å². The molecule has 0 heterocycles. The summed E-state index contributed by atoms with van der Waals surface area (Å²) in [5, 5.41) is 0. The molecular formula is C21H21NO6. The van der Waals surface area contributed by atoms with Crippen molar-refractivity contribution in [2.75, 3.05) is 27.9 Å². The summed E-state index contributed by atoms with van der Waals surface area (Å²) in [5.41, 5.74) is 8.00. The van der Waals surface area contributed by atoms with E-state index in [-0.39, 0.29) is 12.4 Å². The number of fused-ring (bicyclic) bond motifs is 1. The Bertz CT molecular complexity index is 964. The summed E-state index contributed by atoms with van der Waals surface area (Å²) >= 11 is 0. The molecule has 3 rings (SSSR count). The van der Waals surface area contributed by atoms with Crippen molar-refractivity contribution >= 4 is 17.8 Å². The number of hydrogen-bond donors (Lipinski definition) is 1. The third-order valence-electron chi connectivity index (χ3n) is 4.43. The molecule has 0 unspecified atom stereocenters. The molecule has 1 aliphatic carbocycles. The van der Waals surface area contributed by atoms with Crippen LogP contribution in [-0.4, -0.2) is 39.6 Å². The molecule has 28 heavy (non-hydrogen) atoms. The van der Waals surface area contributed by atoms with Crippen LogP contribution in [0.5, 0.6) is 23.0 Å². The lowest BCUT2D eigenvalue weighted by Crippen LogP contribution is -2.20. The first-order valence-electron chi connectivity index (χ1n) is 8.56. The lowest BCUT2D eigenvalue weighted by molar-refractivity contribution is -0.119.